The molecule has 1 heterocycles. The highest BCUT2D eigenvalue weighted by Gasteiger charge is 2.27. The van der Waals surface area contributed by atoms with Crippen LogP contribution in [0.25, 0.3) is 0 Å². The molecule has 0 amide bonds. The van der Waals surface area contributed by atoms with E-state index >= 15 is 0 Å². The van der Waals surface area contributed by atoms with Gasteiger partial charge in [0.2, 0.25) is 0 Å². The molecule has 1 N–H and O–H groups in total. The molecule has 1 aromatic rings. The van der Waals surface area contributed by atoms with E-state index in [4.69, 9.17) is 0 Å². The second-order valence-electron chi connectivity index (χ2n) is 6.12. The van der Waals surface area contributed by atoms with Crippen LogP contribution in [-0.2, 0) is 0 Å². The summed E-state index contributed by atoms with van der Waals surface area (Å²) in [6, 6.07) is 3.93. The smallest absolute Gasteiger partial charge is 0.164 e. The van der Waals surface area contributed by atoms with Crippen LogP contribution in [-0.4, -0.2) is 29.6 Å². The van der Waals surface area contributed by atoms with Gasteiger partial charge in [0, 0.05) is 12.1 Å². The van der Waals surface area contributed by atoms with Gasteiger partial charge in [-0.15, -0.1) is 0 Å². The lowest BCUT2D eigenvalue weighted by molar-refractivity contribution is 0.0683. The normalized spacial score (nSPS) is 21.3. The van der Waals surface area contributed by atoms with Crippen molar-refractivity contribution in [2.45, 2.75) is 32.8 Å². The van der Waals surface area contributed by atoms with Gasteiger partial charge in [-0.1, -0.05) is 26.0 Å². The molecule has 0 radical (unpaired) electrons. The van der Waals surface area contributed by atoms with Crippen LogP contribution in [0.15, 0.2) is 18.2 Å². The van der Waals surface area contributed by atoms with Crippen molar-refractivity contribution in [2.24, 2.45) is 5.41 Å². The van der Waals surface area contributed by atoms with Gasteiger partial charge < -0.3 is 10.0 Å². The van der Waals surface area contributed by atoms with Crippen molar-refractivity contribution < 1.29 is 13.9 Å². The molecule has 0 spiro atoms. The van der Waals surface area contributed by atoms with E-state index in [9.17, 15) is 13.9 Å². The third-order valence-electron chi connectivity index (χ3n) is 3.98. The van der Waals surface area contributed by atoms with Crippen molar-refractivity contribution >= 4 is 0 Å². The quantitative estimate of drug-likeness (QED) is 0.911. The number of hydrogen-bond donors (Lipinski definition) is 1. The summed E-state index contributed by atoms with van der Waals surface area (Å²) in [5, 5.41) is 10.1. The minimum atomic E-state index is -0.975. The molecule has 19 heavy (non-hydrogen) atoms. The number of β-amino-alcohol motifs (C(OH)–C–C–N with tert-alkyl or cyclic N) is 1. The summed E-state index contributed by atoms with van der Waals surface area (Å²) in [7, 11) is 0. The number of hydrogen-bond acceptors (Lipinski definition) is 2. The van der Waals surface area contributed by atoms with E-state index in [0.717, 1.165) is 32.0 Å². The van der Waals surface area contributed by atoms with Gasteiger partial charge in [-0.3, -0.25) is 0 Å². The minimum Gasteiger partial charge on any atom is -0.387 e. The average molecular weight is 269 g/mol. The summed E-state index contributed by atoms with van der Waals surface area (Å²) < 4.78 is 26.7. The number of halogens is 2. The highest BCUT2D eigenvalue weighted by atomic mass is 19.2. The van der Waals surface area contributed by atoms with Crippen LogP contribution in [0.5, 0.6) is 0 Å². The maximum atomic E-state index is 13.6. The lowest BCUT2D eigenvalue weighted by Crippen LogP contribution is -2.39. The molecular formula is C15H21F2NO. The molecule has 0 bridgehead atoms. The molecular weight excluding hydrogens is 248 g/mol. The predicted octanol–water partition coefficient (Wildman–Crippen LogP) is 3.12. The Labute approximate surface area is 113 Å². The van der Waals surface area contributed by atoms with Crippen LogP contribution in [0.4, 0.5) is 8.78 Å². The number of piperidine rings is 1. The second-order valence-corrected chi connectivity index (χ2v) is 6.12. The van der Waals surface area contributed by atoms with Crippen LogP contribution in [0.2, 0.25) is 0 Å². The summed E-state index contributed by atoms with van der Waals surface area (Å²) in [6.07, 6.45) is 1.15. The zero-order chi connectivity index (χ0) is 14.0. The summed E-state index contributed by atoms with van der Waals surface area (Å²) in [4.78, 5) is 2.11. The molecule has 1 saturated heterocycles. The summed E-state index contributed by atoms with van der Waals surface area (Å²) in [5.74, 6) is -1.84. The Morgan fingerprint density at radius 2 is 1.89 bits per heavy atom. The first-order chi connectivity index (χ1) is 8.89. The SMILES string of the molecule is CC1(C)CCN(CC(O)c2cccc(F)c2F)CC1. The Morgan fingerprint density at radius 3 is 2.53 bits per heavy atom. The van der Waals surface area contributed by atoms with Gasteiger partial charge in [0.05, 0.1) is 6.10 Å². The van der Waals surface area contributed by atoms with Crippen molar-refractivity contribution in [2.75, 3.05) is 19.6 Å². The summed E-state index contributed by atoms with van der Waals surface area (Å²) >= 11 is 0. The van der Waals surface area contributed by atoms with Gasteiger partial charge >= 0.3 is 0 Å². The monoisotopic (exact) mass is 269 g/mol. The van der Waals surface area contributed by atoms with E-state index in [1.54, 1.807) is 0 Å². The maximum absolute atomic E-state index is 13.6. The van der Waals surface area contributed by atoms with Gasteiger partial charge in [-0.2, -0.15) is 0 Å². The third-order valence-corrected chi connectivity index (χ3v) is 3.98. The molecule has 1 aliphatic rings. The first-order valence-corrected chi connectivity index (χ1v) is 6.73. The minimum absolute atomic E-state index is 0.0461. The van der Waals surface area contributed by atoms with Gasteiger partial charge in [0.1, 0.15) is 0 Å². The van der Waals surface area contributed by atoms with Gasteiger partial charge in [-0.05, 0) is 37.4 Å². The summed E-state index contributed by atoms with van der Waals surface area (Å²) in [6.45, 7) is 6.60. The first-order valence-electron chi connectivity index (χ1n) is 6.73. The van der Waals surface area contributed by atoms with E-state index in [-0.39, 0.29) is 5.56 Å². The number of benzene rings is 1. The topological polar surface area (TPSA) is 23.5 Å². The Balaban J connectivity index is 1.98. The molecule has 106 valence electrons. The van der Waals surface area contributed by atoms with Crippen molar-refractivity contribution in [1.82, 2.24) is 4.90 Å². The highest BCUT2D eigenvalue weighted by Crippen LogP contribution is 2.30. The lowest BCUT2D eigenvalue weighted by atomic mass is 9.82. The molecule has 0 saturated carbocycles. The molecule has 0 aromatic heterocycles. The zero-order valence-electron chi connectivity index (χ0n) is 11.5. The van der Waals surface area contributed by atoms with Crippen LogP contribution in [0, 0.1) is 17.0 Å². The van der Waals surface area contributed by atoms with E-state index < -0.39 is 17.7 Å². The summed E-state index contributed by atoms with van der Waals surface area (Å²) in [5.41, 5.74) is 0.385. The fourth-order valence-corrected chi connectivity index (χ4v) is 2.46. The molecule has 1 fully saturated rings. The molecule has 0 aliphatic carbocycles. The van der Waals surface area contributed by atoms with Crippen LogP contribution in [0.1, 0.15) is 38.4 Å². The fourth-order valence-electron chi connectivity index (χ4n) is 2.46. The second kappa shape index (κ2) is 5.55. The number of aliphatic hydroxyl groups excluding tert-OH is 1. The van der Waals surface area contributed by atoms with Gasteiger partial charge in [0.15, 0.2) is 11.6 Å². The molecule has 1 atom stereocenters. The van der Waals surface area contributed by atoms with E-state index in [1.807, 2.05) is 0 Å². The molecule has 1 aliphatic heterocycles. The maximum Gasteiger partial charge on any atom is 0.164 e. The Hall–Kier alpha value is -1.00. The predicted molar refractivity (Wildman–Crippen MR) is 70.8 cm³/mol. The van der Waals surface area contributed by atoms with Crippen LogP contribution >= 0.6 is 0 Å². The third kappa shape index (κ3) is 3.51. The standard InChI is InChI=1S/C15H21F2NO/c1-15(2)6-8-18(9-7-15)10-13(19)11-4-3-5-12(16)14(11)17/h3-5,13,19H,6-10H2,1-2H3. The number of nitrogens with zero attached hydrogens (tertiary/aromatic N) is 1. The lowest BCUT2D eigenvalue weighted by Gasteiger charge is -2.37. The number of likely N-dealkylation sites (tertiary alicyclic amines) is 1. The van der Waals surface area contributed by atoms with E-state index in [2.05, 4.69) is 18.7 Å². The largest absolute Gasteiger partial charge is 0.387 e. The molecule has 1 aromatic carbocycles. The van der Waals surface area contributed by atoms with Crippen LogP contribution < -0.4 is 0 Å². The Morgan fingerprint density at radius 1 is 1.26 bits per heavy atom. The van der Waals surface area contributed by atoms with Gasteiger partial charge in [0.25, 0.3) is 0 Å². The first kappa shape index (κ1) is 14.4. The number of rotatable bonds is 3. The van der Waals surface area contributed by atoms with Crippen LogP contribution in [0.3, 0.4) is 0 Å². The average Bonchev–Trinajstić information content (AvgIpc) is 2.35. The molecule has 1 unspecified atom stereocenters. The Bertz CT molecular complexity index is 438. The van der Waals surface area contributed by atoms with Crippen molar-refractivity contribution in [3.05, 3.63) is 35.4 Å². The molecule has 2 rings (SSSR count). The van der Waals surface area contributed by atoms with E-state index in [0.29, 0.717) is 12.0 Å². The highest BCUT2D eigenvalue weighted by molar-refractivity contribution is 5.21. The van der Waals surface area contributed by atoms with Crippen molar-refractivity contribution in [1.29, 1.82) is 0 Å². The van der Waals surface area contributed by atoms with Gasteiger partial charge in [-0.25, -0.2) is 8.78 Å². The Kier molecular flexibility index (Phi) is 4.21. The number of aliphatic hydroxyl groups is 1. The molecule has 4 heteroatoms. The van der Waals surface area contributed by atoms with Crippen molar-refractivity contribution in [3.63, 3.8) is 0 Å². The zero-order valence-corrected chi connectivity index (χ0v) is 11.5. The fraction of sp³-hybridized carbons (Fsp3) is 0.600. The van der Waals surface area contributed by atoms with Crippen molar-refractivity contribution in [3.8, 4) is 0 Å². The molecule has 2 nitrogen and oxygen atoms in total. The van der Waals surface area contributed by atoms with E-state index in [1.165, 1.54) is 12.1 Å².